The quantitative estimate of drug-likeness (QED) is 0.480. The van der Waals surface area contributed by atoms with Gasteiger partial charge >= 0.3 is 0 Å². The summed E-state index contributed by atoms with van der Waals surface area (Å²) in [6, 6.07) is 22.3. The second kappa shape index (κ2) is 6.84. The second-order valence-corrected chi connectivity index (χ2v) is 8.04. The maximum absolute atomic E-state index is 6.50. The Hall–Kier alpha value is -2.49. The third-order valence-corrected chi connectivity index (χ3v) is 5.78. The summed E-state index contributed by atoms with van der Waals surface area (Å²) in [6.45, 7) is 2.09. The first-order valence-corrected chi connectivity index (χ1v) is 9.99. The SMILES string of the molecule is Cc1ccc(C2=NN3[C@@H](c4ccccc4)Oc4c(Cl)cc(Cl)cc4[C@@H]3C2)cc1. The number of halogens is 2. The van der Waals surface area contributed by atoms with Gasteiger partial charge in [0.25, 0.3) is 0 Å². The lowest BCUT2D eigenvalue weighted by atomic mass is 9.95. The van der Waals surface area contributed by atoms with Gasteiger partial charge in [0.1, 0.15) is 5.75 Å². The Morgan fingerprint density at radius 2 is 1.75 bits per heavy atom. The van der Waals surface area contributed by atoms with Crippen LogP contribution in [0.2, 0.25) is 10.0 Å². The molecule has 140 valence electrons. The summed E-state index contributed by atoms with van der Waals surface area (Å²) in [5.41, 5.74) is 5.42. The molecule has 0 amide bonds. The van der Waals surface area contributed by atoms with Crippen LogP contribution in [0.25, 0.3) is 0 Å². The molecule has 3 nitrogen and oxygen atoms in total. The van der Waals surface area contributed by atoms with E-state index in [0.29, 0.717) is 15.8 Å². The standard InChI is InChI=1S/C23H18Cl2N2O/c1-14-7-9-15(10-8-14)20-13-21-18-11-17(24)12-19(25)22(18)28-23(27(21)26-20)16-5-3-2-4-6-16/h2-12,21,23H,13H2,1H3/t21-,23+/m0/s1. The molecular formula is C23H18Cl2N2O. The summed E-state index contributed by atoms with van der Waals surface area (Å²) in [5, 5.41) is 8.15. The van der Waals surface area contributed by atoms with Crippen molar-refractivity contribution < 1.29 is 4.74 Å². The number of ether oxygens (including phenoxy) is 1. The van der Waals surface area contributed by atoms with Crippen molar-refractivity contribution in [2.75, 3.05) is 0 Å². The van der Waals surface area contributed by atoms with Crippen molar-refractivity contribution in [2.24, 2.45) is 5.10 Å². The van der Waals surface area contributed by atoms with Crippen molar-refractivity contribution in [3.05, 3.63) is 99.0 Å². The van der Waals surface area contributed by atoms with Crippen molar-refractivity contribution in [1.82, 2.24) is 5.01 Å². The Kier molecular flexibility index (Phi) is 4.30. The highest BCUT2D eigenvalue weighted by molar-refractivity contribution is 6.35. The summed E-state index contributed by atoms with van der Waals surface area (Å²) in [4.78, 5) is 0. The van der Waals surface area contributed by atoms with Gasteiger partial charge in [-0.05, 0) is 24.6 Å². The van der Waals surface area contributed by atoms with Gasteiger partial charge in [0.15, 0.2) is 0 Å². The Bertz CT molecular complexity index is 1060. The highest BCUT2D eigenvalue weighted by Gasteiger charge is 2.41. The van der Waals surface area contributed by atoms with E-state index in [4.69, 9.17) is 33.0 Å². The van der Waals surface area contributed by atoms with Crippen LogP contribution in [0.4, 0.5) is 0 Å². The smallest absolute Gasteiger partial charge is 0.213 e. The van der Waals surface area contributed by atoms with Gasteiger partial charge in [-0.15, -0.1) is 0 Å². The summed E-state index contributed by atoms with van der Waals surface area (Å²) >= 11 is 12.8. The predicted octanol–water partition coefficient (Wildman–Crippen LogP) is 6.54. The zero-order chi connectivity index (χ0) is 19.3. The molecule has 2 heterocycles. The molecule has 0 bridgehead atoms. The number of aryl methyl sites for hydroxylation is 1. The van der Waals surface area contributed by atoms with Crippen LogP contribution >= 0.6 is 23.2 Å². The minimum absolute atomic E-state index is 0.0291. The Morgan fingerprint density at radius 3 is 2.50 bits per heavy atom. The molecular weight excluding hydrogens is 391 g/mol. The van der Waals surface area contributed by atoms with Crippen molar-refractivity contribution in [1.29, 1.82) is 0 Å². The fourth-order valence-corrected chi connectivity index (χ4v) is 4.43. The number of hydrogen-bond donors (Lipinski definition) is 0. The molecule has 5 heteroatoms. The minimum Gasteiger partial charge on any atom is -0.463 e. The van der Waals surface area contributed by atoms with E-state index < -0.39 is 0 Å². The van der Waals surface area contributed by atoms with Crippen LogP contribution in [-0.4, -0.2) is 10.7 Å². The molecule has 0 unspecified atom stereocenters. The van der Waals surface area contributed by atoms with Crippen LogP contribution in [0.5, 0.6) is 5.75 Å². The number of rotatable bonds is 2. The zero-order valence-electron chi connectivity index (χ0n) is 15.3. The van der Waals surface area contributed by atoms with Crippen LogP contribution in [0.3, 0.4) is 0 Å². The van der Waals surface area contributed by atoms with Gasteiger partial charge in [-0.25, -0.2) is 5.01 Å². The Labute approximate surface area is 174 Å². The molecule has 5 rings (SSSR count). The van der Waals surface area contributed by atoms with Gasteiger partial charge in [0.2, 0.25) is 6.23 Å². The molecule has 2 aliphatic rings. The van der Waals surface area contributed by atoms with Gasteiger partial charge in [0, 0.05) is 22.6 Å². The molecule has 0 saturated heterocycles. The lowest BCUT2D eigenvalue weighted by molar-refractivity contribution is -0.0189. The van der Waals surface area contributed by atoms with E-state index >= 15 is 0 Å². The van der Waals surface area contributed by atoms with E-state index in [1.807, 2.05) is 29.3 Å². The second-order valence-electron chi connectivity index (χ2n) is 7.20. The largest absolute Gasteiger partial charge is 0.463 e. The maximum atomic E-state index is 6.50. The fourth-order valence-electron chi connectivity index (χ4n) is 3.87. The third kappa shape index (κ3) is 2.95. The molecule has 0 saturated carbocycles. The monoisotopic (exact) mass is 408 g/mol. The topological polar surface area (TPSA) is 24.8 Å². The molecule has 28 heavy (non-hydrogen) atoms. The van der Waals surface area contributed by atoms with Crippen LogP contribution in [0.1, 0.15) is 40.9 Å². The fraction of sp³-hybridized carbons (Fsp3) is 0.174. The molecule has 0 spiro atoms. The van der Waals surface area contributed by atoms with E-state index in [1.165, 1.54) is 5.56 Å². The molecule has 2 aliphatic heterocycles. The zero-order valence-corrected chi connectivity index (χ0v) is 16.8. The van der Waals surface area contributed by atoms with E-state index in [0.717, 1.165) is 28.8 Å². The molecule has 3 aromatic carbocycles. The van der Waals surface area contributed by atoms with Crippen molar-refractivity contribution in [2.45, 2.75) is 25.6 Å². The van der Waals surface area contributed by atoms with E-state index in [-0.39, 0.29) is 12.3 Å². The van der Waals surface area contributed by atoms with Gasteiger partial charge in [0.05, 0.1) is 16.8 Å². The van der Waals surface area contributed by atoms with Crippen LogP contribution in [0.15, 0.2) is 71.8 Å². The van der Waals surface area contributed by atoms with Crippen LogP contribution < -0.4 is 4.74 Å². The summed E-state index contributed by atoms with van der Waals surface area (Å²) < 4.78 is 6.35. The maximum Gasteiger partial charge on any atom is 0.213 e. The number of hydrazone groups is 1. The number of fused-ring (bicyclic) bond motifs is 3. The van der Waals surface area contributed by atoms with E-state index in [1.54, 1.807) is 6.07 Å². The summed E-state index contributed by atoms with van der Waals surface area (Å²) in [5.74, 6) is 0.696. The lowest BCUT2D eigenvalue weighted by Gasteiger charge is -2.38. The molecule has 0 radical (unpaired) electrons. The summed E-state index contributed by atoms with van der Waals surface area (Å²) in [6.07, 6.45) is 0.444. The molecule has 0 fully saturated rings. The van der Waals surface area contributed by atoms with Crippen molar-refractivity contribution in [3.63, 3.8) is 0 Å². The van der Waals surface area contributed by atoms with Gasteiger partial charge in [-0.1, -0.05) is 83.4 Å². The number of hydrogen-bond acceptors (Lipinski definition) is 3. The van der Waals surface area contributed by atoms with Crippen LogP contribution in [-0.2, 0) is 0 Å². The average Bonchev–Trinajstić information content (AvgIpc) is 3.14. The lowest BCUT2D eigenvalue weighted by Crippen LogP contribution is -2.33. The van der Waals surface area contributed by atoms with Crippen LogP contribution in [0, 0.1) is 6.92 Å². The average molecular weight is 409 g/mol. The normalized spacial score (nSPS) is 20.2. The summed E-state index contributed by atoms with van der Waals surface area (Å²) in [7, 11) is 0. The molecule has 0 aromatic heterocycles. The Balaban J connectivity index is 1.63. The minimum atomic E-state index is -0.333. The molecule has 2 atom stereocenters. The van der Waals surface area contributed by atoms with Crippen molar-refractivity contribution >= 4 is 28.9 Å². The molecule has 0 N–H and O–H groups in total. The van der Waals surface area contributed by atoms with Gasteiger partial charge in [-0.3, -0.25) is 0 Å². The van der Waals surface area contributed by atoms with E-state index in [9.17, 15) is 0 Å². The number of benzene rings is 3. The number of nitrogens with zero attached hydrogens (tertiary/aromatic N) is 2. The predicted molar refractivity (Wildman–Crippen MR) is 113 cm³/mol. The van der Waals surface area contributed by atoms with Gasteiger partial charge in [-0.2, -0.15) is 5.10 Å². The highest BCUT2D eigenvalue weighted by Crippen LogP contribution is 2.50. The van der Waals surface area contributed by atoms with Crippen molar-refractivity contribution in [3.8, 4) is 5.75 Å². The first-order chi connectivity index (χ1) is 13.6. The first kappa shape index (κ1) is 17.6. The third-order valence-electron chi connectivity index (χ3n) is 5.28. The molecule has 0 aliphatic carbocycles. The Morgan fingerprint density at radius 1 is 1.00 bits per heavy atom. The van der Waals surface area contributed by atoms with E-state index in [2.05, 4.69) is 43.3 Å². The first-order valence-electron chi connectivity index (χ1n) is 9.23. The highest BCUT2D eigenvalue weighted by atomic mass is 35.5. The van der Waals surface area contributed by atoms with Gasteiger partial charge < -0.3 is 4.74 Å². The molecule has 3 aromatic rings.